The zero-order valence-electron chi connectivity index (χ0n) is 20.9. The molecule has 0 spiro atoms. The number of hydrogen-bond donors (Lipinski definition) is 0. The average Bonchev–Trinajstić information content (AvgIpc) is 3.65. The van der Waals surface area contributed by atoms with Gasteiger partial charge in [0.1, 0.15) is 6.10 Å². The number of nitrogens with zero attached hydrogens (tertiary/aromatic N) is 3. The first-order chi connectivity index (χ1) is 17.9. The highest BCUT2D eigenvalue weighted by Gasteiger charge is 2.48. The van der Waals surface area contributed by atoms with Crippen LogP contribution < -0.4 is 23.7 Å². The Labute approximate surface area is 214 Å². The van der Waals surface area contributed by atoms with Crippen LogP contribution >= 0.6 is 0 Å². The molecule has 3 aliphatic rings. The lowest BCUT2D eigenvalue weighted by molar-refractivity contribution is 0.0113. The van der Waals surface area contributed by atoms with E-state index in [-0.39, 0.29) is 25.0 Å². The van der Waals surface area contributed by atoms with Crippen LogP contribution in [-0.4, -0.2) is 56.9 Å². The Bertz CT molecular complexity index is 1490. The summed E-state index contributed by atoms with van der Waals surface area (Å²) in [6.45, 7) is 0.521. The van der Waals surface area contributed by atoms with Gasteiger partial charge in [0.25, 0.3) is 10.0 Å². The smallest absolute Gasteiger partial charge is 0.262 e. The van der Waals surface area contributed by atoms with Gasteiger partial charge in [-0.05, 0) is 29.7 Å². The minimum Gasteiger partial charge on any atom is -0.493 e. The molecule has 3 aromatic rings. The molecule has 0 unspecified atom stereocenters. The molecule has 12 heteroatoms. The van der Waals surface area contributed by atoms with Crippen molar-refractivity contribution in [3.63, 3.8) is 0 Å². The molecule has 196 valence electrons. The van der Waals surface area contributed by atoms with Crippen LogP contribution in [0.1, 0.15) is 34.4 Å². The summed E-state index contributed by atoms with van der Waals surface area (Å²) < 4.78 is 65.7. The maximum atomic E-state index is 14.0. The Balaban J connectivity index is 1.57. The normalized spacial score (nSPS) is 20.4. The van der Waals surface area contributed by atoms with Crippen LogP contribution in [0.5, 0.6) is 28.7 Å². The Hall–Kier alpha value is -3.48. The van der Waals surface area contributed by atoms with E-state index in [1.807, 2.05) is 12.1 Å². The largest absolute Gasteiger partial charge is 0.493 e. The summed E-state index contributed by atoms with van der Waals surface area (Å²) in [5.41, 5.74) is 3.23. The Morgan fingerprint density at radius 1 is 1.08 bits per heavy atom. The van der Waals surface area contributed by atoms with E-state index in [9.17, 15) is 8.42 Å². The molecule has 0 fully saturated rings. The molecule has 4 heterocycles. The van der Waals surface area contributed by atoms with E-state index in [1.54, 1.807) is 31.9 Å². The summed E-state index contributed by atoms with van der Waals surface area (Å²) in [5, 5.41) is -0.0336. The van der Waals surface area contributed by atoms with Crippen LogP contribution in [0.25, 0.3) is 0 Å². The van der Waals surface area contributed by atoms with Gasteiger partial charge in [-0.3, -0.25) is 0 Å². The summed E-state index contributed by atoms with van der Waals surface area (Å²) >= 11 is 0. The average molecular weight is 530 g/mol. The first kappa shape index (κ1) is 23.9. The third-order valence-corrected chi connectivity index (χ3v) is 8.86. The zero-order chi connectivity index (χ0) is 25.9. The number of ether oxygens (including phenoxy) is 6. The molecule has 2 aromatic carbocycles. The second kappa shape index (κ2) is 8.82. The van der Waals surface area contributed by atoms with E-state index in [0.29, 0.717) is 40.7 Å². The molecule has 0 amide bonds. The maximum absolute atomic E-state index is 14.0. The van der Waals surface area contributed by atoms with E-state index >= 15 is 0 Å². The highest BCUT2D eigenvalue weighted by atomic mass is 32.2. The lowest BCUT2D eigenvalue weighted by atomic mass is 9.86. The molecule has 0 saturated heterocycles. The number of imidazole rings is 1. The number of hydrogen-bond acceptors (Lipinski definition) is 9. The molecule has 0 saturated carbocycles. The highest BCUT2D eigenvalue weighted by molar-refractivity contribution is 7.89. The summed E-state index contributed by atoms with van der Waals surface area (Å²) in [6, 6.07) is 4.84. The second-order valence-electron chi connectivity index (χ2n) is 9.00. The second-order valence-corrected chi connectivity index (χ2v) is 10.8. The lowest BCUT2D eigenvalue weighted by Crippen LogP contribution is -2.43. The summed E-state index contributed by atoms with van der Waals surface area (Å²) in [7, 11) is 2.41. The van der Waals surface area contributed by atoms with Crippen LogP contribution in [-0.2, 0) is 34.8 Å². The minimum absolute atomic E-state index is 0.0336. The predicted molar refractivity (Wildman–Crippen MR) is 130 cm³/mol. The van der Waals surface area contributed by atoms with Crippen LogP contribution in [0, 0.1) is 0 Å². The van der Waals surface area contributed by atoms with Crippen LogP contribution in [0.2, 0.25) is 0 Å². The highest BCUT2D eigenvalue weighted by Crippen LogP contribution is 2.56. The van der Waals surface area contributed by atoms with Gasteiger partial charge in [0.15, 0.2) is 28.0 Å². The SMILES string of the molecule is COc1ccc2c(c1OC)CO[C@@H]2[C@H]1c2c(cc3c(c2OC)OCO3)CCN1S(=O)(=O)c1cn(C)cn1. The molecule has 0 N–H and O–H groups in total. The van der Waals surface area contributed by atoms with E-state index in [1.165, 1.54) is 23.9 Å². The molecule has 2 atom stereocenters. The van der Waals surface area contributed by atoms with Crippen molar-refractivity contribution in [2.45, 2.75) is 30.2 Å². The first-order valence-electron chi connectivity index (χ1n) is 11.7. The quantitative estimate of drug-likeness (QED) is 0.476. The predicted octanol–water partition coefficient (Wildman–Crippen LogP) is 2.73. The molecular weight excluding hydrogens is 502 g/mol. The van der Waals surface area contributed by atoms with Crippen molar-refractivity contribution < 1.29 is 36.8 Å². The fourth-order valence-corrected chi connectivity index (χ4v) is 7.05. The number of fused-ring (bicyclic) bond motifs is 3. The summed E-state index contributed by atoms with van der Waals surface area (Å²) in [5.74, 6) is 2.61. The maximum Gasteiger partial charge on any atom is 0.262 e. The van der Waals surface area contributed by atoms with Crippen molar-refractivity contribution >= 4 is 10.0 Å². The van der Waals surface area contributed by atoms with Crippen molar-refractivity contribution in [3.8, 4) is 28.7 Å². The fourth-order valence-electron chi connectivity index (χ4n) is 5.48. The summed E-state index contributed by atoms with van der Waals surface area (Å²) in [4.78, 5) is 4.15. The van der Waals surface area contributed by atoms with Crippen molar-refractivity contribution in [2.75, 3.05) is 34.7 Å². The number of sulfonamides is 1. The topological polar surface area (TPSA) is 111 Å². The van der Waals surface area contributed by atoms with Crippen LogP contribution in [0.4, 0.5) is 0 Å². The minimum atomic E-state index is -4.00. The van der Waals surface area contributed by atoms with Crippen LogP contribution in [0.15, 0.2) is 35.7 Å². The molecular formula is C25H27N3O8S. The van der Waals surface area contributed by atoms with E-state index in [4.69, 9.17) is 28.4 Å². The number of benzene rings is 2. The van der Waals surface area contributed by atoms with E-state index < -0.39 is 22.2 Å². The van der Waals surface area contributed by atoms with E-state index in [0.717, 1.165) is 16.7 Å². The fraction of sp³-hybridized carbons (Fsp3) is 0.400. The van der Waals surface area contributed by atoms with Gasteiger partial charge in [-0.25, -0.2) is 13.4 Å². The van der Waals surface area contributed by atoms with Crippen molar-refractivity contribution in [1.82, 2.24) is 13.9 Å². The van der Waals surface area contributed by atoms with E-state index in [2.05, 4.69) is 4.98 Å². The van der Waals surface area contributed by atoms with Crippen molar-refractivity contribution in [1.29, 1.82) is 0 Å². The van der Waals surface area contributed by atoms with Gasteiger partial charge in [-0.1, -0.05) is 6.07 Å². The molecule has 11 nitrogen and oxygen atoms in total. The van der Waals surface area contributed by atoms with Gasteiger partial charge in [0, 0.05) is 30.9 Å². The molecule has 0 bridgehead atoms. The Morgan fingerprint density at radius 2 is 1.89 bits per heavy atom. The standard InChI is InChI=1S/C25H27N3O8S/c1-27-10-19(26-12-27)37(29,30)28-8-7-14-9-18-24(36-13-35-18)25(33-4)20(14)21(28)23-15-5-6-17(31-2)22(32-3)16(15)11-34-23/h5-6,9-10,12,21,23H,7-8,11,13H2,1-4H3/t21-,23+/m1/s1. The van der Waals surface area contributed by atoms with Crippen molar-refractivity contribution in [2.24, 2.45) is 7.05 Å². The number of aryl methyl sites for hydroxylation is 1. The first-order valence-corrected chi connectivity index (χ1v) is 13.2. The molecule has 3 aliphatic heterocycles. The number of rotatable bonds is 6. The van der Waals surface area contributed by atoms with Gasteiger partial charge in [0.05, 0.1) is 40.3 Å². The van der Waals surface area contributed by atoms with Crippen LogP contribution in [0.3, 0.4) is 0 Å². The zero-order valence-corrected chi connectivity index (χ0v) is 21.7. The van der Waals surface area contributed by atoms with Crippen molar-refractivity contribution in [3.05, 3.63) is 53.0 Å². The monoisotopic (exact) mass is 529 g/mol. The molecule has 37 heavy (non-hydrogen) atoms. The molecule has 6 rings (SSSR count). The lowest BCUT2D eigenvalue weighted by Gasteiger charge is -2.39. The van der Waals surface area contributed by atoms with Gasteiger partial charge >= 0.3 is 0 Å². The molecule has 0 radical (unpaired) electrons. The van der Waals surface area contributed by atoms with Gasteiger partial charge in [-0.2, -0.15) is 4.31 Å². The van der Waals surface area contributed by atoms with Gasteiger partial charge in [0.2, 0.25) is 12.5 Å². The Morgan fingerprint density at radius 3 is 2.59 bits per heavy atom. The van der Waals surface area contributed by atoms with Gasteiger partial charge < -0.3 is 33.0 Å². The molecule has 1 aromatic heterocycles. The third-order valence-electron chi connectivity index (χ3n) is 7.09. The number of aromatic nitrogens is 2. The Kier molecular flexibility index (Phi) is 5.70. The van der Waals surface area contributed by atoms with Gasteiger partial charge in [-0.15, -0.1) is 0 Å². The number of methoxy groups -OCH3 is 3. The molecule has 0 aliphatic carbocycles. The summed E-state index contributed by atoms with van der Waals surface area (Å²) in [6.07, 6.45) is 2.77. The third kappa shape index (κ3) is 3.54.